The molecule has 0 aliphatic heterocycles. The van der Waals surface area contributed by atoms with E-state index in [0.29, 0.717) is 16.9 Å². The van der Waals surface area contributed by atoms with E-state index in [-0.39, 0.29) is 23.6 Å². The maximum absolute atomic E-state index is 13.1. The molecule has 35 heavy (non-hydrogen) atoms. The van der Waals surface area contributed by atoms with Gasteiger partial charge in [0.1, 0.15) is 5.75 Å². The number of ether oxygens (including phenoxy) is 2. The number of carbonyl (C=O) groups is 3. The van der Waals surface area contributed by atoms with Crippen LogP contribution in [0.2, 0.25) is 0 Å². The average molecular weight is 485 g/mol. The van der Waals surface area contributed by atoms with Crippen LogP contribution < -0.4 is 15.8 Å². The maximum atomic E-state index is 13.1. The van der Waals surface area contributed by atoms with Crippen LogP contribution in [-0.4, -0.2) is 35.1 Å². The Kier molecular flexibility index (Phi) is 7.85. The SMILES string of the molecule is Cc1cc(C(=O)C(C)OC(=O)c2ccc(CNC(N)=O)cc2)c(C)n1-c1ccc(OC(F)F)cc1. The molecule has 0 aliphatic carbocycles. The number of aryl methyl sites for hydroxylation is 1. The number of esters is 1. The fourth-order valence-electron chi connectivity index (χ4n) is 3.64. The van der Waals surface area contributed by atoms with Crippen molar-refractivity contribution < 1.29 is 32.6 Å². The zero-order chi connectivity index (χ0) is 25.7. The number of benzene rings is 2. The molecule has 3 rings (SSSR count). The quantitative estimate of drug-likeness (QED) is 0.347. The summed E-state index contributed by atoms with van der Waals surface area (Å²) >= 11 is 0. The standard InChI is InChI=1S/C25H25F2N3O5/c1-14-12-21(15(2)30(14)19-8-10-20(11-9-19)35-24(26)27)22(31)16(3)34-23(32)18-6-4-17(5-7-18)13-29-25(28)33/h4-12,16,24H,13H2,1-3H3,(H3,28,29,33). The minimum absolute atomic E-state index is 0.0280. The molecule has 184 valence electrons. The second-order valence-electron chi connectivity index (χ2n) is 7.82. The van der Waals surface area contributed by atoms with E-state index in [1.165, 1.54) is 31.2 Å². The van der Waals surface area contributed by atoms with Gasteiger partial charge in [-0.15, -0.1) is 0 Å². The van der Waals surface area contributed by atoms with Crippen LogP contribution in [0.3, 0.4) is 0 Å². The first kappa shape index (κ1) is 25.4. The number of amides is 2. The van der Waals surface area contributed by atoms with Crippen LogP contribution in [0.4, 0.5) is 13.6 Å². The molecule has 8 nitrogen and oxygen atoms in total. The molecule has 2 amide bonds. The van der Waals surface area contributed by atoms with Crippen molar-refractivity contribution >= 4 is 17.8 Å². The molecule has 1 unspecified atom stereocenters. The number of alkyl halides is 2. The number of hydrogen-bond donors (Lipinski definition) is 2. The Morgan fingerprint density at radius 2 is 1.66 bits per heavy atom. The normalized spacial score (nSPS) is 11.7. The summed E-state index contributed by atoms with van der Waals surface area (Å²) in [4.78, 5) is 36.4. The Labute approximate surface area is 200 Å². The van der Waals surface area contributed by atoms with Crippen LogP contribution in [-0.2, 0) is 11.3 Å². The van der Waals surface area contributed by atoms with Crippen molar-refractivity contribution in [2.75, 3.05) is 0 Å². The predicted molar refractivity (Wildman–Crippen MR) is 124 cm³/mol. The van der Waals surface area contributed by atoms with Gasteiger partial charge in [-0.2, -0.15) is 8.78 Å². The first-order chi connectivity index (χ1) is 16.6. The molecule has 1 aromatic heterocycles. The van der Waals surface area contributed by atoms with Gasteiger partial charge in [-0.1, -0.05) is 12.1 Å². The highest BCUT2D eigenvalue weighted by molar-refractivity contribution is 6.02. The third kappa shape index (κ3) is 6.23. The van der Waals surface area contributed by atoms with E-state index in [1.54, 1.807) is 48.7 Å². The molecule has 0 aliphatic rings. The number of aromatic nitrogens is 1. The van der Waals surface area contributed by atoms with Crippen LogP contribution in [0, 0.1) is 13.8 Å². The summed E-state index contributed by atoms with van der Waals surface area (Å²) in [6.07, 6.45) is -1.05. The predicted octanol–water partition coefficient (Wildman–Crippen LogP) is 4.29. The number of hydrogen-bond acceptors (Lipinski definition) is 5. The van der Waals surface area contributed by atoms with Gasteiger partial charge < -0.3 is 25.1 Å². The van der Waals surface area contributed by atoms with E-state index < -0.39 is 24.7 Å². The van der Waals surface area contributed by atoms with Crippen LogP contribution in [0.1, 0.15) is 44.6 Å². The number of Topliss-reactive ketones (excluding diaryl/α,β-unsaturated/α-hetero) is 1. The van der Waals surface area contributed by atoms with E-state index in [0.717, 1.165) is 11.3 Å². The van der Waals surface area contributed by atoms with Crippen LogP contribution >= 0.6 is 0 Å². The van der Waals surface area contributed by atoms with Gasteiger partial charge in [-0.3, -0.25) is 4.79 Å². The van der Waals surface area contributed by atoms with Gasteiger partial charge in [0.05, 0.1) is 5.56 Å². The van der Waals surface area contributed by atoms with E-state index >= 15 is 0 Å². The Morgan fingerprint density at radius 1 is 1.03 bits per heavy atom. The minimum Gasteiger partial charge on any atom is -0.451 e. The second kappa shape index (κ2) is 10.8. The zero-order valence-corrected chi connectivity index (χ0v) is 19.4. The van der Waals surface area contributed by atoms with E-state index in [2.05, 4.69) is 10.1 Å². The van der Waals surface area contributed by atoms with Crippen LogP contribution in [0.15, 0.2) is 54.6 Å². The number of ketones is 1. The number of nitrogens with one attached hydrogen (secondary N) is 1. The van der Waals surface area contributed by atoms with Crippen molar-refractivity contribution in [1.82, 2.24) is 9.88 Å². The number of primary amides is 1. The third-order valence-electron chi connectivity index (χ3n) is 5.33. The van der Waals surface area contributed by atoms with Gasteiger partial charge in [0, 0.05) is 29.2 Å². The summed E-state index contributed by atoms with van der Waals surface area (Å²) in [5, 5.41) is 2.45. The number of halogens is 2. The van der Waals surface area contributed by atoms with Crippen molar-refractivity contribution in [2.24, 2.45) is 5.73 Å². The van der Waals surface area contributed by atoms with E-state index in [9.17, 15) is 23.2 Å². The molecule has 0 bridgehead atoms. The summed E-state index contributed by atoms with van der Waals surface area (Å²) in [5.41, 5.74) is 8.43. The van der Waals surface area contributed by atoms with Crippen molar-refractivity contribution in [3.8, 4) is 11.4 Å². The Hall–Kier alpha value is -4.21. The Morgan fingerprint density at radius 3 is 2.23 bits per heavy atom. The number of urea groups is 1. The van der Waals surface area contributed by atoms with E-state index in [4.69, 9.17) is 10.5 Å². The van der Waals surface area contributed by atoms with Gasteiger partial charge >= 0.3 is 18.6 Å². The molecule has 10 heteroatoms. The average Bonchev–Trinajstić information content (AvgIpc) is 3.11. The first-order valence-corrected chi connectivity index (χ1v) is 10.7. The minimum atomic E-state index is -2.92. The summed E-state index contributed by atoms with van der Waals surface area (Å²) in [7, 11) is 0. The molecule has 3 N–H and O–H groups in total. The van der Waals surface area contributed by atoms with Gasteiger partial charge in [0.25, 0.3) is 0 Å². The highest BCUT2D eigenvalue weighted by Crippen LogP contribution is 2.25. The summed E-state index contributed by atoms with van der Waals surface area (Å²) in [5.74, 6) is -1.01. The molecular weight excluding hydrogens is 460 g/mol. The molecule has 1 atom stereocenters. The third-order valence-corrected chi connectivity index (χ3v) is 5.33. The summed E-state index contributed by atoms with van der Waals surface area (Å²) < 4.78 is 36.3. The zero-order valence-electron chi connectivity index (χ0n) is 19.4. The van der Waals surface area contributed by atoms with Gasteiger partial charge in [0.2, 0.25) is 5.78 Å². The number of carbonyl (C=O) groups excluding carboxylic acids is 3. The maximum Gasteiger partial charge on any atom is 0.387 e. The molecule has 0 saturated heterocycles. The van der Waals surface area contributed by atoms with Gasteiger partial charge in [-0.25, -0.2) is 9.59 Å². The topological polar surface area (TPSA) is 113 Å². The lowest BCUT2D eigenvalue weighted by Crippen LogP contribution is -2.28. The lowest BCUT2D eigenvalue weighted by atomic mass is 10.1. The van der Waals surface area contributed by atoms with Crippen molar-refractivity contribution in [2.45, 2.75) is 40.0 Å². The second-order valence-corrected chi connectivity index (χ2v) is 7.82. The smallest absolute Gasteiger partial charge is 0.387 e. The van der Waals surface area contributed by atoms with Gasteiger partial charge in [-0.05, 0) is 68.8 Å². The van der Waals surface area contributed by atoms with Gasteiger partial charge in [0.15, 0.2) is 6.10 Å². The molecule has 0 spiro atoms. The molecular formula is C25H25F2N3O5. The van der Waals surface area contributed by atoms with Crippen molar-refractivity contribution in [3.63, 3.8) is 0 Å². The van der Waals surface area contributed by atoms with Crippen LogP contribution in [0.25, 0.3) is 5.69 Å². The fourth-order valence-corrected chi connectivity index (χ4v) is 3.64. The van der Waals surface area contributed by atoms with Crippen LogP contribution in [0.5, 0.6) is 5.75 Å². The lowest BCUT2D eigenvalue weighted by Gasteiger charge is -2.14. The molecule has 1 heterocycles. The molecule has 3 aromatic rings. The molecule has 2 aromatic carbocycles. The first-order valence-electron chi connectivity index (χ1n) is 10.7. The molecule has 0 saturated carbocycles. The van der Waals surface area contributed by atoms with E-state index in [1.807, 2.05) is 0 Å². The lowest BCUT2D eigenvalue weighted by molar-refractivity contribution is -0.0498. The van der Waals surface area contributed by atoms with Crippen molar-refractivity contribution in [1.29, 1.82) is 0 Å². The van der Waals surface area contributed by atoms with Crippen molar-refractivity contribution in [3.05, 3.63) is 82.7 Å². The summed E-state index contributed by atoms with van der Waals surface area (Å²) in [6, 6.07) is 13.4. The molecule has 0 radical (unpaired) electrons. The monoisotopic (exact) mass is 485 g/mol. The Balaban J connectivity index is 1.71. The number of rotatable bonds is 9. The Bertz CT molecular complexity index is 1220. The number of nitrogens with two attached hydrogens (primary N) is 1. The number of nitrogens with zero attached hydrogens (tertiary/aromatic N) is 1. The largest absolute Gasteiger partial charge is 0.451 e. The fraction of sp³-hybridized carbons (Fsp3) is 0.240. The highest BCUT2D eigenvalue weighted by Gasteiger charge is 2.25. The molecule has 0 fully saturated rings. The highest BCUT2D eigenvalue weighted by atomic mass is 19.3. The summed E-state index contributed by atoms with van der Waals surface area (Å²) in [6.45, 7) is 2.35.